The molecule has 148 valence electrons. The van der Waals surface area contributed by atoms with Crippen LogP contribution in [0, 0.1) is 24.5 Å². The van der Waals surface area contributed by atoms with Crippen LogP contribution in [0.3, 0.4) is 0 Å². The predicted molar refractivity (Wildman–Crippen MR) is 90.4 cm³/mol. The van der Waals surface area contributed by atoms with Gasteiger partial charge in [0.15, 0.2) is 0 Å². The zero-order chi connectivity index (χ0) is 20.6. The lowest BCUT2D eigenvalue weighted by atomic mass is 9.86. The van der Waals surface area contributed by atoms with E-state index in [0.29, 0.717) is 11.6 Å². The van der Waals surface area contributed by atoms with Gasteiger partial charge in [-0.2, -0.15) is 13.2 Å². The van der Waals surface area contributed by atoms with Crippen molar-refractivity contribution in [3.05, 3.63) is 64.7 Å². The maximum Gasteiger partial charge on any atom is 0.416 e. The number of hydrogen-bond donors (Lipinski definition) is 2. The molecule has 1 fully saturated rings. The fraction of sp³-hybridized carbons (Fsp3) is 0.263. The van der Waals surface area contributed by atoms with Crippen molar-refractivity contribution in [3.63, 3.8) is 0 Å². The van der Waals surface area contributed by atoms with E-state index in [2.05, 4.69) is 10.6 Å². The Balaban J connectivity index is 1.87. The number of hydrogen-bond acceptors (Lipinski definition) is 2. The van der Waals surface area contributed by atoms with Gasteiger partial charge in [0.2, 0.25) is 11.8 Å². The molecular weight excluding hydrogens is 383 g/mol. The van der Waals surface area contributed by atoms with Crippen LogP contribution in [0.5, 0.6) is 0 Å². The average molecular weight is 398 g/mol. The Bertz CT molecular complexity index is 942. The Hall–Kier alpha value is -2.97. The first kappa shape index (κ1) is 19.8. The van der Waals surface area contributed by atoms with Crippen LogP contribution in [0.2, 0.25) is 0 Å². The number of carbonyl (C=O) groups excluding carboxylic acids is 2. The minimum Gasteiger partial charge on any atom is -0.355 e. The standard InChI is InChI=1S/C19H15F5N2O2/c1-9-6-10(2-4-13(9)19(22,23)24)12-8-25-17(27)16(12)18(28)26-15-5-3-11(20)7-14(15)21/h2-7,12,16H,8H2,1H3,(H,25,27)(H,26,28)/t12-,16-/m1/s1. The van der Waals surface area contributed by atoms with E-state index in [1.54, 1.807) is 0 Å². The Morgan fingerprint density at radius 1 is 1.14 bits per heavy atom. The molecule has 0 aromatic heterocycles. The number of benzene rings is 2. The molecule has 9 heteroatoms. The van der Waals surface area contributed by atoms with Gasteiger partial charge in [0.05, 0.1) is 11.3 Å². The summed E-state index contributed by atoms with van der Waals surface area (Å²) in [5.41, 5.74) is -0.756. The van der Waals surface area contributed by atoms with Gasteiger partial charge in [-0.05, 0) is 36.2 Å². The molecule has 1 aliphatic rings. The van der Waals surface area contributed by atoms with E-state index in [0.717, 1.165) is 18.2 Å². The smallest absolute Gasteiger partial charge is 0.355 e. The number of alkyl halides is 3. The highest BCUT2D eigenvalue weighted by Crippen LogP contribution is 2.36. The van der Waals surface area contributed by atoms with Crippen molar-refractivity contribution >= 4 is 17.5 Å². The van der Waals surface area contributed by atoms with Gasteiger partial charge < -0.3 is 10.6 Å². The van der Waals surface area contributed by atoms with E-state index < -0.39 is 47.0 Å². The minimum atomic E-state index is -4.51. The minimum absolute atomic E-state index is 0.0342. The summed E-state index contributed by atoms with van der Waals surface area (Å²) >= 11 is 0. The van der Waals surface area contributed by atoms with Gasteiger partial charge in [-0.15, -0.1) is 0 Å². The van der Waals surface area contributed by atoms with Gasteiger partial charge in [-0.1, -0.05) is 12.1 Å². The number of halogens is 5. The molecule has 0 unspecified atom stereocenters. The largest absolute Gasteiger partial charge is 0.416 e. The maximum atomic E-state index is 13.8. The second kappa shape index (κ2) is 7.21. The van der Waals surface area contributed by atoms with E-state index in [1.807, 2.05) is 0 Å². The van der Waals surface area contributed by atoms with Crippen LogP contribution in [-0.2, 0) is 15.8 Å². The fourth-order valence-electron chi connectivity index (χ4n) is 3.27. The van der Waals surface area contributed by atoms with Crippen LogP contribution in [0.4, 0.5) is 27.6 Å². The van der Waals surface area contributed by atoms with Crippen molar-refractivity contribution in [3.8, 4) is 0 Å². The molecule has 28 heavy (non-hydrogen) atoms. The monoisotopic (exact) mass is 398 g/mol. The van der Waals surface area contributed by atoms with Gasteiger partial charge in [0.1, 0.15) is 17.6 Å². The quantitative estimate of drug-likeness (QED) is 0.611. The SMILES string of the molecule is Cc1cc([C@H]2CNC(=O)[C@@H]2C(=O)Nc2ccc(F)cc2F)ccc1C(F)(F)F. The maximum absolute atomic E-state index is 13.8. The lowest BCUT2D eigenvalue weighted by Gasteiger charge is -2.19. The molecule has 0 bridgehead atoms. The number of aryl methyl sites for hydroxylation is 1. The topological polar surface area (TPSA) is 58.2 Å². The third-order valence-corrected chi connectivity index (χ3v) is 4.64. The molecule has 0 spiro atoms. The molecule has 2 aromatic carbocycles. The van der Waals surface area contributed by atoms with E-state index in [9.17, 15) is 31.5 Å². The van der Waals surface area contributed by atoms with Gasteiger partial charge in [0.25, 0.3) is 0 Å². The normalized spacial score (nSPS) is 19.4. The summed E-state index contributed by atoms with van der Waals surface area (Å²) in [4.78, 5) is 24.7. The van der Waals surface area contributed by atoms with Crippen molar-refractivity contribution < 1.29 is 31.5 Å². The number of carbonyl (C=O) groups is 2. The third-order valence-electron chi connectivity index (χ3n) is 4.64. The summed E-state index contributed by atoms with van der Waals surface area (Å²) in [6, 6.07) is 5.96. The third kappa shape index (κ3) is 3.83. The molecule has 2 amide bonds. The molecule has 1 heterocycles. The van der Waals surface area contributed by atoms with Crippen LogP contribution < -0.4 is 10.6 Å². The zero-order valence-electron chi connectivity index (χ0n) is 14.5. The Kier molecular flexibility index (Phi) is 5.10. The van der Waals surface area contributed by atoms with E-state index >= 15 is 0 Å². The number of anilines is 1. The van der Waals surface area contributed by atoms with Crippen LogP contribution in [0.25, 0.3) is 0 Å². The van der Waals surface area contributed by atoms with Crippen molar-refractivity contribution in [2.75, 3.05) is 11.9 Å². The lowest BCUT2D eigenvalue weighted by molar-refractivity contribution is -0.138. The predicted octanol–water partition coefficient (Wildman–Crippen LogP) is 3.76. The number of nitrogens with one attached hydrogen (secondary N) is 2. The van der Waals surface area contributed by atoms with Gasteiger partial charge in [-0.25, -0.2) is 8.78 Å². The van der Waals surface area contributed by atoms with Gasteiger partial charge in [-0.3, -0.25) is 9.59 Å². The second-order valence-corrected chi connectivity index (χ2v) is 6.51. The van der Waals surface area contributed by atoms with Crippen LogP contribution >= 0.6 is 0 Å². The highest BCUT2D eigenvalue weighted by atomic mass is 19.4. The summed E-state index contributed by atoms with van der Waals surface area (Å²) < 4.78 is 65.6. The average Bonchev–Trinajstić information content (AvgIpc) is 2.98. The molecule has 2 N–H and O–H groups in total. The van der Waals surface area contributed by atoms with Crippen molar-refractivity contribution in [2.45, 2.75) is 19.0 Å². The van der Waals surface area contributed by atoms with E-state index in [4.69, 9.17) is 0 Å². The highest BCUT2D eigenvalue weighted by molar-refractivity contribution is 6.08. The first-order chi connectivity index (χ1) is 13.1. The molecule has 0 aliphatic carbocycles. The first-order valence-electron chi connectivity index (χ1n) is 8.29. The summed E-state index contributed by atoms with van der Waals surface area (Å²) in [6.45, 7) is 1.34. The molecule has 0 radical (unpaired) electrons. The molecule has 4 nitrogen and oxygen atoms in total. The molecule has 3 rings (SSSR count). The summed E-state index contributed by atoms with van der Waals surface area (Å²) in [5.74, 6) is -5.27. The van der Waals surface area contributed by atoms with Gasteiger partial charge >= 0.3 is 6.18 Å². The summed E-state index contributed by atoms with van der Waals surface area (Å²) in [5, 5.41) is 4.74. The van der Waals surface area contributed by atoms with E-state index in [1.165, 1.54) is 19.1 Å². The molecule has 1 saturated heterocycles. The summed E-state index contributed by atoms with van der Waals surface area (Å²) in [6.07, 6.45) is -4.51. The van der Waals surface area contributed by atoms with Gasteiger partial charge in [0, 0.05) is 18.5 Å². The van der Waals surface area contributed by atoms with Crippen molar-refractivity contribution in [2.24, 2.45) is 5.92 Å². The zero-order valence-corrected chi connectivity index (χ0v) is 14.5. The van der Waals surface area contributed by atoms with E-state index in [-0.39, 0.29) is 17.8 Å². The van der Waals surface area contributed by atoms with Crippen LogP contribution in [-0.4, -0.2) is 18.4 Å². The fourth-order valence-corrected chi connectivity index (χ4v) is 3.27. The highest BCUT2D eigenvalue weighted by Gasteiger charge is 2.42. The van der Waals surface area contributed by atoms with Crippen LogP contribution in [0.1, 0.15) is 22.6 Å². The molecule has 0 saturated carbocycles. The van der Waals surface area contributed by atoms with Crippen molar-refractivity contribution in [1.29, 1.82) is 0 Å². The second-order valence-electron chi connectivity index (χ2n) is 6.51. The molecule has 2 atom stereocenters. The molecule has 1 aliphatic heterocycles. The van der Waals surface area contributed by atoms with Crippen molar-refractivity contribution in [1.82, 2.24) is 5.32 Å². The Morgan fingerprint density at radius 3 is 2.46 bits per heavy atom. The summed E-state index contributed by atoms with van der Waals surface area (Å²) in [7, 11) is 0. The number of amides is 2. The molecular formula is C19H15F5N2O2. The first-order valence-corrected chi connectivity index (χ1v) is 8.29. The number of rotatable bonds is 3. The Morgan fingerprint density at radius 2 is 1.86 bits per heavy atom. The lowest BCUT2D eigenvalue weighted by Crippen LogP contribution is -2.32. The Labute approximate surface area is 156 Å². The van der Waals surface area contributed by atoms with Crippen LogP contribution in [0.15, 0.2) is 36.4 Å². The molecule has 2 aromatic rings.